The van der Waals surface area contributed by atoms with E-state index >= 15 is 0 Å². The van der Waals surface area contributed by atoms with E-state index in [1.807, 2.05) is 0 Å². The van der Waals surface area contributed by atoms with E-state index in [1.54, 1.807) is 24.3 Å². The summed E-state index contributed by atoms with van der Waals surface area (Å²) in [4.78, 5) is -0.221. The molecule has 0 aliphatic carbocycles. The molecule has 0 aliphatic heterocycles. The van der Waals surface area contributed by atoms with Crippen molar-refractivity contribution in [1.82, 2.24) is 9.78 Å². The summed E-state index contributed by atoms with van der Waals surface area (Å²) in [7, 11) is -4.24. The van der Waals surface area contributed by atoms with Crippen molar-refractivity contribution < 1.29 is 13.0 Å². The Hall–Kier alpha value is -2.75. The molecule has 0 unspecified atom stereocenters. The topological polar surface area (TPSA) is 123 Å². The Kier molecular flexibility index (Phi) is 4.53. The van der Waals surface area contributed by atoms with Gasteiger partial charge in [-0.05, 0) is 48.5 Å². The Labute approximate surface area is 148 Å². The number of aromatic nitrogens is 2. The van der Waals surface area contributed by atoms with Crippen LogP contribution in [0.25, 0.3) is 5.69 Å². The molecule has 0 aliphatic rings. The molecule has 0 amide bonds. The molecule has 0 radical (unpaired) electrons. The molecule has 10 heteroatoms. The first-order valence-corrected chi connectivity index (χ1v) is 8.75. The highest BCUT2D eigenvalue weighted by molar-refractivity contribution is 7.85. The molecule has 128 valence electrons. The molecule has 8 nitrogen and oxygen atoms in total. The van der Waals surface area contributed by atoms with Crippen LogP contribution in [0, 0.1) is 0 Å². The van der Waals surface area contributed by atoms with Crippen molar-refractivity contribution in [3.05, 3.63) is 59.8 Å². The summed E-state index contributed by atoms with van der Waals surface area (Å²) in [5.41, 5.74) is 7.49. The van der Waals surface area contributed by atoms with Gasteiger partial charge in [-0.15, -0.1) is 5.11 Å². The largest absolute Gasteiger partial charge is 0.382 e. The molecule has 1 aromatic heterocycles. The average molecular weight is 378 g/mol. The summed E-state index contributed by atoms with van der Waals surface area (Å²) in [5, 5.41) is 12.7. The Bertz CT molecular complexity index is 1030. The molecule has 3 N–H and O–H groups in total. The lowest BCUT2D eigenvalue weighted by molar-refractivity contribution is 0.483. The molecular formula is C15H12ClN5O3S. The van der Waals surface area contributed by atoms with Gasteiger partial charge in [0, 0.05) is 5.02 Å². The summed E-state index contributed by atoms with van der Waals surface area (Å²) in [6.07, 6.45) is 1.46. The highest BCUT2D eigenvalue weighted by atomic mass is 35.5. The number of nitrogen functional groups attached to an aromatic ring is 1. The molecule has 0 spiro atoms. The first-order chi connectivity index (χ1) is 11.8. The number of nitrogens with zero attached hydrogens (tertiary/aromatic N) is 4. The molecule has 1 heterocycles. The lowest BCUT2D eigenvalue weighted by Crippen LogP contribution is -2.01. The zero-order valence-electron chi connectivity index (χ0n) is 12.6. The van der Waals surface area contributed by atoms with Gasteiger partial charge in [0.1, 0.15) is 5.69 Å². The highest BCUT2D eigenvalue weighted by Crippen LogP contribution is 2.27. The third-order valence-electron chi connectivity index (χ3n) is 3.27. The Morgan fingerprint density at radius 1 is 1.04 bits per heavy atom. The van der Waals surface area contributed by atoms with E-state index in [0.717, 1.165) is 5.69 Å². The fourth-order valence-corrected chi connectivity index (χ4v) is 2.62. The SMILES string of the molecule is Nc1c(/N=N/c2ccc(S(=O)(=O)O)cc2)cnn1-c1ccc(Cl)cc1. The summed E-state index contributed by atoms with van der Waals surface area (Å²) in [6.45, 7) is 0. The molecule has 3 rings (SSSR count). The number of azo groups is 1. The van der Waals surface area contributed by atoms with Gasteiger partial charge in [-0.25, -0.2) is 4.68 Å². The molecule has 0 fully saturated rings. The van der Waals surface area contributed by atoms with Gasteiger partial charge in [0.2, 0.25) is 0 Å². The number of benzene rings is 2. The lowest BCUT2D eigenvalue weighted by atomic mass is 10.3. The zero-order valence-corrected chi connectivity index (χ0v) is 14.2. The molecule has 25 heavy (non-hydrogen) atoms. The van der Waals surface area contributed by atoms with Crippen LogP contribution in [0.5, 0.6) is 0 Å². The summed E-state index contributed by atoms with van der Waals surface area (Å²) in [6, 6.07) is 12.2. The normalized spacial score (nSPS) is 11.9. The van der Waals surface area contributed by atoms with E-state index in [0.29, 0.717) is 22.2 Å². The van der Waals surface area contributed by atoms with E-state index in [9.17, 15) is 8.42 Å². The average Bonchev–Trinajstić information content (AvgIpc) is 2.94. The minimum Gasteiger partial charge on any atom is -0.382 e. The van der Waals surface area contributed by atoms with Crippen molar-refractivity contribution in [2.75, 3.05) is 5.73 Å². The van der Waals surface area contributed by atoms with Crippen molar-refractivity contribution in [1.29, 1.82) is 0 Å². The van der Waals surface area contributed by atoms with Crippen LogP contribution >= 0.6 is 11.6 Å². The fourth-order valence-electron chi connectivity index (χ4n) is 2.01. The predicted octanol–water partition coefficient (Wildman–Crippen LogP) is 3.77. The van der Waals surface area contributed by atoms with Gasteiger partial charge in [-0.1, -0.05) is 11.6 Å². The second-order valence-corrected chi connectivity index (χ2v) is 6.83. The van der Waals surface area contributed by atoms with Crippen molar-refractivity contribution in [2.45, 2.75) is 4.90 Å². The van der Waals surface area contributed by atoms with Gasteiger partial charge < -0.3 is 5.73 Å². The van der Waals surface area contributed by atoms with Crippen LogP contribution in [-0.2, 0) is 10.1 Å². The number of hydrogen-bond acceptors (Lipinski definition) is 6. The number of anilines is 1. The maximum absolute atomic E-state index is 11.0. The third kappa shape index (κ3) is 3.85. The molecule has 0 atom stereocenters. The van der Waals surface area contributed by atoms with E-state index in [2.05, 4.69) is 15.3 Å². The van der Waals surface area contributed by atoms with E-state index in [-0.39, 0.29) is 4.90 Å². The smallest absolute Gasteiger partial charge is 0.294 e. The minimum absolute atomic E-state index is 0.221. The Morgan fingerprint density at radius 3 is 2.28 bits per heavy atom. The van der Waals surface area contributed by atoms with Crippen molar-refractivity contribution in [3.8, 4) is 5.69 Å². The van der Waals surface area contributed by atoms with Crippen molar-refractivity contribution >= 4 is 38.9 Å². The first-order valence-electron chi connectivity index (χ1n) is 6.93. The minimum atomic E-state index is -4.24. The van der Waals surface area contributed by atoms with Crippen LogP contribution in [0.3, 0.4) is 0 Å². The Balaban J connectivity index is 1.84. The van der Waals surface area contributed by atoms with Gasteiger partial charge in [0.25, 0.3) is 10.1 Å². The van der Waals surface area contributed by atoms with Crippen molar-refractivity contribution in [3.63, 3.8) is 0 Å². The lowest BCUT2D eigenvalue weighted by Gasteiger charge is -2.03. The molecule has 0 bridgehead atoms. The molecule has 3 aromatic rings. The van der Waals surface area contributed by atoms with E-state index in [4.69, 9.17) is 21.9 Å². The van der Waals surface area contributed by atoms with Crippen LogP contribution in [0.1, 0.15) is 0 Å². The third-order valence-corrected chi connectivity index (χ3v) is 4.38. The number of rotatable bonds is 4. The standard InChI is InChI=1S/C15H12ClN5O3S/c16-10-1-5-12(6-2-10)21-15(17)14(9-18-21)20-19-11-3-7-13(8-4-11)25(22,23)24/h1-9H,17H2,(H,22,23,24)/b20-19+. The second kappa shape index (κ2) is 6.63. The van der Waals surface area contributed by atoms with Gasteiger partial charge in [0.05, 0.1) is 22.5 Å². The van der Waals surface area contributed by atoms with Crippen LogP contribution < -0.4 is 5.73 Å². The van der Waals surface area contributed by atoms with Gasteiger partial charge in [-0.2, -0.15) is 18.6 Å². The summed E-state index contributed by atoms with van der Waals surface area (Å²) >= 11 is 5.85. The molecular weight excluding hydrogens is 366 g/mol. The maximum Gasteiger partial charge on any atom is 0.294 e. The predicted molar refractivity (Wildman–Crippen MR) is 93.4 cm³/mol. The number of hydrogen-bond donors (Lipinski definition) is 2. The fraction of sp³-hybridized carbons (Fsp3) is 0. The first kappa shape index (κ1) is 17.1. The maximum atomic E-state index is 11.0. The van der Waals surface area contributed by atoms with E-state index in [1.165, 1.54) is 35.1 Å². The van der Waals surface area contributed by atoms with Gasteiger partial charge >= 0.3 is 0 Å². The van der Waals surface area contributed by atoms with Crippen LogP contribution in [0.2, 0.25) is 5.02 Å². The van der Waals surface area contributed by atoms with Crippen molar-refractivity contribution in [2.24, 2.45) is 10.2 Å². The zero-order chi connectivity index (χ0) is 18.0. The van der Waals surface area contributed by atoms with Gasteiger partial charge in [0.15, 0.2) is 5.82 Å². The summed E-state index contributed by atoms with van der Waals surface area (Å²) in [5.74, 6) is 0.292. The number of nitrogens with two attached hydrogens (primary N) is 1. The molecule has 0 saturated carbocycles. The monoisotopic (exact) mass is 377 g/mol. The quantitative estimate of drug-likeness (QED) is 0.529. The van der Waals surface area contributed by atoms with Crippen LogP contribution in [0.15, 0.2) is 69.9 Å². The van der Waals surface area contributed by atoms with Crippen LogP contribution in [-0.4, -0.2) is 22.8 Å². The second-order valence-electron chi connectivity index (χ2n) is 4.97. The highest BCUT2D eigenvalue weighted by Gasteiger charge is 2.10. The van der Waals surface area contributed by atoms with E-state index < -0.39 is 10.1 Å². The summed E-state index contributed by atoms with van der Waals surface area (Å²) < 4.78 is 32.4. The number of halogens is 1. The molecule has 0 saturated heterocycles. The van der Waals surface area contributed by atoms with Crippen LogP contribution in [0.4, 0.5) is 17.2 Å². The van der Waals surface area contributed by atoms with Gasteiger partial charge in [-0.3, -0.25) is 4.55 Å². The molecule has 2 aromatic carbocycles. The Morgan fingerprint density at radius 2 is 1.68 bits per heavy atom.